The largest absolute Gasteiger partial charge is 0.355 e. The predicted molar refractivity (Wildman–Crippen MR) is 185 cm³/mol. The van der Waals surface area contributed by atoms with Crippen LogP contribution in [-0.2, 0) is 0 Å². The first-order valence-electron chi connectivity index (χ1n) is 14.8. The van der Waals surface area contributed by atoms with Crippen LogP contribution in [0.5, 0.6) is 0 Å². The van der Waals surface area contributed by atoms with Gasteiger partial charge in [-0.1, -0.05) is 66.7 Å². The number of nitrogens with one attached hydrogen (secondary N) is 1. The molecule has 1 N–H and O–H groups in total. The fourth-order valence-electron chi connectivity index (χ4n) is 5.35. The molecule has 6 aromatic carbocycles. The number of rotatable bonds is 9. The Kier molecular flexibility index (Phi) is 8.51. The Balaban J connectivity index is 1.44. The van der Waals surface area contributed by atoms with Gasteiger partial charge in [0.25, 0.3) is 0 Å². The zero-order chi connectivity index (χ0) is 30.3. The molecule has 0 amide bonds. The number of nitrogens with zero attached hydrogens (tertiary/aromatic N) is 2. The van der Waals surface area contributed by atoms with E-state index in [0.717, 1.165) is 56.6 Å². The van der Waals surface area contributed by atoms with E-state index in [0.29, 0.717) is 0 Å². The lowest BCUT2D eigenvalue weighted by Gasteiger charge is -2.29. The minimum Gasteiger partial charge on any atom is -0.355 e. The number of para-hydroxylation sites is 3. The highest BCUT2D eigenvalue weighted by Crippen LogP contribution is 2.41. The maximum Gasteiger partial charge on any atom is 0.125 e. The summed E-state index contributed by atoms with van der Waals surface area (Å²) in [7, 11) is 0. The summed E-state index contributed by atoms with van der Waals surface area (Å²) in [6.07, 6.45) is 2.11. The van der Waals surface area contributed by atoms with Gasteiger partial charge in [-0.2, -0.15) is 0 Å². The number of allylic oxidation sites excluding steroid dienone is 2. The molecule has 0 radical (unpaired) electrons. The van der Waals surface area contributed by atoms with Crippen LogP contribution in [0.4, 0.5) is 49.9 Å². The van der Waals surface area contributed by atoms with Gasteiger partial charge < -0.3 is 15.1 Å². The van der Waals surface area contributed by atoms with Gasteiger partial charge in [0.05, 0.1) is 0 Å². The van der Waals surface area contributed by atoms with Gasteiger partial charge in [0.1, 0.15) is 5.82 Å². The van der Waals surface area contributed by atoms with E-state index in [1.165, 1.54) is 6.07 Å². The minimum absolute atomic E-state index is 0.282. The van der Waals surface area contributed by atoms with Crippen LogP contribution in [0, 0.1) is 5.82 Å². The maximum atomic E-state index is 14.6. The highest BCUT2D eigenvalue weighted by molar-refractivity contribution is 5.86. The molecule has 0 fully saturated rings. The van der Waals surface area contributed by atoms with Crippen molar-refractivity contribution in [2.75, 3.05) is 15.1 Å². The molecule has 0 heterocycles. The average Bonchev–Trinajstić information content (AvgIpc) is 3.07. The van der Waals surface area contributed by atoms with Gasteiger partial charge in [0.2, 0.25) is 0 Å². The summed E-state index contributed by atoms with van der Waals surface area (Å²) < 4.78 is 14.6. The minimum atomic E-state index is -0.282. The fraction of sp³-hybridized carbons (Fsp3) is 0.0500. The topological polar surface area (TPSA) is 18.5 Å². The monoisotopic (exact) mass is 575 g/mol. The summed E-state index contributed by atoms with van der Waals surface area (Å²) in [6, 6.07) is 52.3. The van der Waals surface area contributed by atoms with Crippen molar-refractivity contribution in [3.05, 3.63) is 175 Å². The third-order valence-electron chi connectivity index (χ3n) is 7.63. The molecule has 0 atom stereocenters. The lowest BCUT2D eigenvalue weighted by molar-refractivity contribution is 0.628. The summed E-state index contributed by atoms with van der Waals surface area (Å²) in [5.41, 5.74) is 10.0. The second-order valence-corrected chi connectivity index (χ2v) is 10.5. The first-order chi connectivity index (χ1) is 21.6. The van der Waals surface area contributed by atoms with Crippen molar-refractivity contribution in [2.24, 2.45) is 0 Å². The van der Waals surface area contributed by atoms with Crippen molar-refractivity contribution in [3.8, 4) is 0 Å². The molecular weight excluding hydrogens is 541 g/mol. The summed E-state index contributed by atoms with van der Waals surface area (Å²) in [6.45, 7) is 4.15. The molecule has 6 aromatic rings. The average molecular weight is 576 g/mol. The molecule has 4 heteroatoms. The molecule has 44 heavy (non-hydrogen) atoms. The van der Waals surface area contributed by atoms with Crippen LogP contribution in [0.2, 0.25) is 0 Å². The standard InChI is InChI=1S/C40H34FN3/c1-3-30(2)39-29-38(26-27-40(39)42-32-15-7-4-8-16-32)44(37-21-13-14-31(41)28-37)36-24-22-35(23-25-36)43(33-17-9-5-10-18-33)34-19-11-6-12-20-34/h3-29,42H,1-2H3/b30-3+. The lowest BCUT2D eigenvalue weighted by atomic mass is 10.0. The fourth-order valence-corrected chi connectivity index (χ4v) is 5.35. The quantitative estimate of drug-likeness (QED) is 0.185. The first-order valence-corrected chi connectivity index (χ1v) is 14.8. The molecule has 0 bridgehead atoms. The smallest absolute Gasteiger partial charge is 0.125 e. The first kappa shape index (κ1) is 28.5. The van der Waals surface area contributed by atoms with Crippen LogP contribution in [0.3, 0.4) is 0 Å². The third-order valence-corrected chi connectivity index (χ3v) is 7.63. The lowest BCUT2D eigenvalue weighted by Crippen LogP contribution is -2.12. The van der Waals surface area contributed by atoms with Crippen molar-refractivity contribution < 1.29 is 4.39 Å². The summed E-state index contributed by atoms with van der Waals surface area (Å²) in [5, 5.41) is 3.57. The number of benzene rings is 6. The van der Waals surface area contributed by atoms with Gasteiger partial charge in [0, 0.05) is 51.1 Å². The van der Waals surface area contributed by atoms with E-state index in [9.17, 15) is 4.39 Å². The van der Waals surface area contributed by atoms with Crippen LogP contribution >= 0.6 is 0 Å². The van der Waals surface area contributed by atoms with Crippen molar-refractivity contribution in [3.63, 3.8) is 0 Å². The normalized spacial score (nSPS) is 11.2. The van der Waals surface area contributed by atoms with Crippen molar-refractivity contribution in [1.82, 2.24) is 0 Å². The van der Waals surface area contributed by atoms with E-state index in [1.54, 1.807) is 12.1 Å². The Morgan fingerprint density at radius 2 is 0.977 bits per heavy atom. The zero-order valence-electron chi connectivity index (χ0n) is 24.9. The highest BCUT2D eigenvalue weighted by atomic mass is 19.1. The van der Waals surface area contributed by atoms with E-state index in [-0.39, 0.29) is 5.82 Å². The summed E-state index contributed by atoms with van der Waals surface area (Å²) in [5.74, 6) is -0.282. The molecule has 0 saturated carbocycles. The molecular formula is C40H34FN3. The SMILES string of the molecule is C/C=C(\C)c1cc(N(c2ccc(N(c3ccccc3)c3ccccc3)cc2)c2cccc(F)c2)ccc1Nc1ccccc1. The molecule has 3 nitrogen and oxygen atoms in total. The molecule has 0 spiro atoms. The van der Waals surface area contributed by atoms with Gasteiger partial charge in [-0.15, -0.1) is 0 Å². The van der Waals surface area contributed by atoms with Crippen LogP contribution in [0.1, 0.15) is 19.4 Å². The molecule has 0 aliphatic rings. The molecule has 0 aliphatic heterocycles. The number of hydrogen-bond donors (Lipinski definition) is 1. The third kappa shape index (κ3) is 6.25. The molecule has 6 rings (SSSR count). The van der Waals surface area contributed by atoms with E-state index >= 15 is 0 Å². The predicted octanol–water partition coefficient (Wildman–Crippen LogP) is 11.9. The van der Waals surface area contributed by atoms with E-state index in [1.807, 2.05) is 67.6 Å². The van der Waals surface area contributed by atoms with Crippen LogP contribution in [0.15, 0.2) is 164 Å². The Morgan fingerprint density at radius 3 is 1.52 bits per heavy atom. The summed E-state index contributed by atoms with van der Waals surface area (Å²) in [4.78, 5) is 4.33. The Hall–Kier alpha value is -5.61. The molecule has 0 saturated heterocycles. The van der Waals surface area contributed by atoms with Crippen molar-refractivity contribution >= 4 is 51.1 Å². The zero-order valence-corrected chi connectivity index (χ0v) is 24.9. The second kappa shape index (κ2) is 13.1. The Morgan fingerprint density at radius 1 is 0.523 bits per heavy atom. The van der Waals surface area contributed by atoms with Gasteiger partial charge in [-0.05, 0) is 116 Å². The van der Waals surface area contributed by atoms with Gasteiger partial charge in [0.15, 0.2) is 0 Å². The molecule has 0 aromatic heterocycles. The van der Waals surface area contributed by atoms with Gasteiger partial charge >= 0.3 is 0 Å². The number of halogens is 1. The highest BCUT2D eigenvalue weighted by Gasteiger charge is 2.18. The van der Waals surface area contributed by atoms with Crippen molar-refractivity contribution in [2.45, 2.75) is 13.8 Å². The van der Waals surface area contributed by atoms with E-state index in [4.69, 9.17) is 0 Å². The van der Waals surface area contributed by atoms with Crippen molar-refractivity contribution in [1.29, 1.82) is 0 Å². The Bertz CT molecular complexity index is 1810. The number of hydrogen-bond acceptors (Lipinski definition) is 3. The van der Waals surface area contributed by atoms with Gasteiger partial charge in [-0.3, -0.25) is 0 Å². The maximum absolute atomic E-state index is 14.6. The summed E-state index contributed by atoms with van der Waals surface area (Å²) >= 11 is 0. The molecule has 0 aliphatic carbocycles. The number of anilines is 8. The van der Waals surface area contributed by atoms with E-state index in [2.05, 4.69) is 107 Å². The van der Waals surface area contributed by atoms with Gasteiger partial charge in [-0.25, -0.2) is 4.39 Å². The van der Waals surface area contributed by atoms with Crippen LogP contribution in [0.25, 0.3) is 5.57 Å². The van der Waals surface area contributed by atoms with E-state index < -0.39 is 0 Å². The molecule has 216 valence electrons. The van der Waals surface area contributed by atoms with Crippen LogP contribution in [-0.4, -0.2) is 0 Å². The Labute approximate surface area is 259 Å². The second-order valence-electron chi connectivity index (χ2n) is 10.5. The molecule has 0 unspecified atom stereocenters. The van der Waals surface area contributed by atoms with Crippen LogP contribution < -0.4 is 15.1 Å².